The Bertz CT molecular complexity index is 560. The van der Waals surface area contributed by atoms with Crippen LogP contribution in [0, 0.1) is 5.41 Å². The number of aliphatic carboxylic acids is 2. The van der Waals surface area contributed by atoms with Crippen LogP contribution in [-0.2, 0) is 22.4 Å². The van der Waals surface area contributed by atoms with Crippen LogP contribution in [0.2, 0.25) is 0 Å². The molecule has 2 aromatic rings. The summed E-state index contributed by atoms with van der Waals surface area (Å²) in [7, 11) is 0. The Morgan fingerprint density at radius 3 is 1.91 bits per heavy atom. The smallest absolute Gasteiger partial charge is 0.104 e. The van der Waals surface area contributed by atoms with Gasteiger partial charge in [0.2, 0.25) is 0 Å². The van der Waals surface area contributed by atoms with Gasteiger partial charge in [0.15, 0.2) is 0 Å². The first-order valence-electron chi connectivity index (χ1n) is 6.98. The van der Waals surface area contributed by atoms with E-state index in [0.29, 0.717) is 11.5 Å². The number of furan rings is 2. The normalized spacial score (nSPS) is 11.5. The molecular weight excluding hydrogens is 288 g/mol. The first-order valence-corrected chi connectivity index (χ1v) is 6.98. The SMILES string of the molecule is O=C([O-])CCCC(Cc1ccco1)(Cc1ccco1)C(=O)[O-]. The van der Waals surface area contributed by atoms with E-state index in [1.54, 1.807) is 24.3 Å². The van der Waals surface area contributed by atoms with E-state index < -0.39 is 17.4 Å². The minimum atomic E-state index is -1.29. The van der Waals surface area contributed by atoms with Crippen molar-refractivity contribution in [2.45, 2.75) is 32.1 Å². The zero-order valence-corrected chi connectivity index (χ0v) is 11.9. The molecular formula is C16H16O6-2. The van der Waals surface area contributed by atoms with Crippen molar-refractivity contribution in [1.29, 1.82) is 0 Å². The summed E-state index contributed by atoms with van der Waals surface area (Å²) in [4.78, 5) is 22.4. The third-order valence-corrected chi connectivity index (χ3v) is 3.65. The molecule has 0 aromatic carbocycles. The zero-order chi connectivity index (χ0) is 16.0. The largest absolute Gasteiger partial charge is 0.550 e. The fourth-order valence-corrected chi connectivity index (χ4v) is 2.55. The van der Waals surface area contributed by atoms with Gasteiger partial charge < -0.3 is 28.6 Å². The average Bonchev–Trinajstić information content (AvgIpc) is 3.11. The predicted molar refractivity (Wildman–Crippen MR) is 71.1 cm³/mol. The Balaban J connectivity index is 2.21. The maximum atomic E-state index is 11.8. The van der Waals surface area contributed by atoms with Crippen LogP contribution in [0.1, 0.15) is 30.8 Å². The molecule has 0 radical (unpaired) electrons. The van der Waals surface area contributed by atoms with Crippen LogP contribution in [0.5, 0.6) is 0 Å². The summed E-state index contributed by atoms with van der Waals surface area (Å²) in [5.41, 5.74) is -1.29. The van der Waals surface area contributed by atoms with Gasteiger partial charge in [0.1, 0.15) is 11.5 Å². The molecule has 2 rings (SSSR count). The highest BCUT2D eigenvalue weighted by molar-refractivity contribution is 5.73. The summed E-state index contributed by atoms with van der Waals surface area (Å²) in [6.07, 6.45) is 3.24. The first kappa shape index (κ1) is 15.9. The zero-order valence-electron chi connectivity index (χ0n) is 11.9. The van der Waals surface area contributed by atoms with Crippen LogP contribution < -0.4 is 10.2 Å². The molecule has 0 saturated carbocycles. The van der Waals surface area contributed by atoms with Crippen molar-refractivity contribution in [2.75, 3.05) is 0 Å². The number of carbonyl (C=O) groups excluding carboxylic acids is 2. The molecule has 0 spiro atoms. The lowest BCUT2D eigenvalue weighted by molar-refractivity contribution is -0.321. The quantitative estimate of drug-likeness (QED) is 0.660. The lowest BCUT2D eigenvalue weighted by Crippen LogP contribution is -2.45. The van der Waals surface area contributed by atoms with Crippen molar-refractivity contribution in [2.24, 2.45) is 5.41 Å². The van der Waals surface area contributed by atoms with E-state index in [4.69, 9.17) is 8.83 Å². The summed E-state index contributed by atoms with van der Waals surface area (Å²) < 4.78 is 10.5. The number of hydrogen-bond donors (Lipinski definition) is 0. The number of carboxylic acids is 2. The van der Waals surface area contributed by atoms with Crippen molar-refractivity contribution in [3.63, 3.8) is 0 Å². The average molecular weight is 304 g/mol. The molecule has 0 unspecified atom stereocenters. The van der Waals surface area contributed by atoms with E-state index in [1.807, 2.05) is 0 Å². The fourth-order valence-electron chi connectivity index (χ4n) is 2.55. The van der Waals surface area contributed by atoms with Crippen molar-refractivity contribution in [3.8, 4) is 0 Å². The molecule has 0 N–H and O–H groups in total. The lowest BCUT2D eigenvalue weighted by Gasteiger charge is -2.34. The number of rotatable bonds is 9. The van der Waals surface area contributed by atoms with Crippen LogP contribution in [0.15, 0.2) is 45.6 Å². The van der Waals surface area contributed by atoms with Gasteiger partial charge in [0.05, 0.1) is 12.5 Å². The molecule has 6 nitrogen and oxygen atoms in total. The van der Waals surface area contributed by atoms with Crippen LogP contribution in [0.3, 0.4) is 0 Å². The van der Waals surface area contributed by atoms with Crippen molar-refractivity contribution < 1.29 is 28.6 Å². The molecule has 0 amide bonds. The Kier molecular flexibility index (Phi) is 5.04. The highest BCUT2D eigenvalue weighted by Crippen LogP contribution is 2.33. The number of hydrogen-bond acceptors (Lipinski definition) is 6. The van der Waals surface area contributed by atoms with E-state index in [1.165, 1.54) is 12.5 Å². The number of carbonyl (C=O) groups is 2. The van der Waals surface area contributed by atoms with Gasteiger partial charge in [0, 0.05) is 30.2 Å². The minimum Gasteiger partial charge on any atom is -0.550 e. The van der Waals surface area contributed by atoms with Crippen LogP contribution in [0.4, 0.5) is 0 Å². The summed E-state index contributed by atoms with van der Waals surface area (Å²) >= 11 is 0. The fraction of sp³-hybridized carbons (Fsp3) is 0.375. The molecule has 0 saturated heterocycles. The minimum absolute atomic E-state index is 0.107. The Morgan fingerprint density at radius 1 is 1.00 bits per heavy atom. The molecule has 0 fully saturated rings. The highest BCUT2D eigenvalue weighted by Gasteiger charge is 2.34. The van der Waals surface area contributed by atoms with Gasteiger partial charge >= 0.3 is 0 Å². The topological polar surface area (TPSA) is 107 Å². The van der Waals surface area contributed by atoms with E-state index in [9.17, 15) is 19.8 Å². The third-order valence-electron chi connectivity index (χ3n) is 3.65. The molecule has 6 heteroatoms. The summed E-state index contributed by atoms with van der Waals surface area (Å²) in [6.45, 7) is 0. The molecule has 2 heterocycles. The van der Waals surface area contributed by atoms with Crippen molar-refractivity contribution in [3.05, 3.63) is 48.3 Å². The second kappa shape index (κ2) is 6.98. The molecule has 0 atom stereocenters. The van der Waals surface area contributed by atoms with Gasteiger partial charge in [-0.1, -0.05) is 0 Å². The van der Waals surface area contributed by atoms with E-state index in [2.05, 4.69) is 0 Å². The van der Waals surface area contributed by atoms with Gasteiger partial charge in [-0.15, -0.1) is 0 Å². The maximum absolute atomic E-state index is 11.8. The van der Waals surface area contributed by atoms with Gasteiger partial charge in [0.25, 0.3) is 0 Å². The van der Waals surface area contributed by atoms with Gasteiger partial charge in [-0.2, -0.15) is 0 Å². The van der Waals surface area contributed by atoms with Crippen molar-refractivity contribution >= 4 is 11.9 Å². The standard InChI is InChI=1S/C16H18O6/c17-14(18)6-1-7-16(15(19)20,10-12-4-2-8-21-12)11-13-5-3-9-22-13/h2-5,8-9H,1,6-7,10-11H2,(H,17,18)(H,19,20)/p-2. The monoisotopic (exact) mass is 304 g/mol. The predicted octanol–water partition coefficient (Wildman–Crippen LogP) is 0.314. The van der Waals surface area contributed by atoms with Gasteiger partial charge in [-0.25, -0.2) is 0 Å². The van der Waals surface area contributed by atoms with E-state index >= 15 is 0 Å². The molecule has 22 heavy (non-hydrogen) atoms. The second-order valence-corrected chi connectivity index (χ2v) is 5.31. The molecule has 0 aliphatic carbocycles. The van der Waals surface area contributed by atoms with Gasteiger partial charge in [-0.05, 0) is 43.5 Å². The van der Waals surface area contributed by atoms with Crippen LogP contribution >= 0.6 is 0 Å². The highest BCUT2D eigenvalue weighted by atomic mass is 16.4. The maximum Gasteiger partial charge on any atom is 0.104 e. The van der Waals surface area contributed by atoms with Gasteiger partial charge in [-0.3, -0.25) is 0 Å². The Hall–Kier alpha value is -2.50. The second-order valence-electron chi connectivity index (χ2n) is 5.31. The molecule has 0 bridgehead atoms. The van der Waals surface area contributed by atoms with Crippen LogP contribution in [0.25, 0.3) is 0 Å². The van der Waals surface area contributed by atoms with Crippen molar-refractivity contribution in [1.82, 2.24) is 0 Å². The van der Waals surface area contributed by atoms with E-state index in [0.717, 1.165) is 0 Å². The molecule has 0 aliphatic heterocycles. The summed E-state index contributed by atoms with van der Waals surface area (Å²) in [5, 5.41) is 22.4. The number of carboxylic acid groups (broad SMARTS) is 2. The molecule has 2 aromatic heterocycles. The Morgan fingerprint density at radius 2 is 1.55 bits per heavy atom. The van der Waals surface area contributed by atoms with E-state index in [-0.39, 0.29) is 32.1 Å². The molecule has 118 valence electrons. The summed E-state index contributed by atoms with van der Waals surface area (Å²) in [5.74, 6) is -1.45. The summed E-state index contributed by atoms with van der Waals surface area (Å²) in [6, 6.07) is 6.70. The Labute approximate surface area is 127 Å². The van der Waals surface area contributed by atoms with Crippen LogP contribution in [-0.4, -0.2) is 11.9 Å². The lowest BCUT2D eigenvalue weighted by atomic mass is 9.75. The first-order chi connectivity index (χ1) is 10.5. The molecule has 0 aliphatic rings. The third kappa shape index (κ3) is 4.00.